The lowest BCUT2D eigenvalue weighted by Crippen LogP contribution is -1.92. The van der Waals surface area contributed by atoms with Gasteiger partial charge in [-0.1, -0.05) is 42.5 Å². The first-order valence-electron chi connectivity index (χ1n) is 5.51. The van der Waals surface area contributed by atoms with Crippen LogP contribution in [0.2, 0.25) is 0 Å². The van der Waals surface area contributed by atoms with Crippen LogP contribution in [0.3, 0.4) is 0 Å². The van der Waals surface area contributed by atoms with Crippen molar-refractivity contribution in [3.05, 3.63) is 77.6 Å². The predicted molar refractivity (Wildman–Crippen MR) is 65.7 cm³/mol. The fourth-order valence-electron chi connectivity index (χ4n) is 1.72. The van der Waals surface area contributed by atoms with Gasteiger partial charge in [0.1, 0.15) is 5.82 Å². The molecule has 0 bridgehead atoms. The third-order valence-corrected chi connectivity index (χ3v) is 2.64. The molecule has 18 heavy (non-hydrogen) atoms. The summed E-state index contributed by atoms with van der Waals surface area (Å²) in [7, 11) is 0. The van der Waals surface area contributed by atoms with Gasteiger partial charge in [-0.05, 0) is 23.3 Å². The zero-order valence-electron chi connectivity index (χ0n) is 9.54. The zero-order chi connectivity index (χ0) is 13.0. The highest BCUT2D eigenvalue weighted by molar-refractivity contribution is 5.68. The van der Waals surface area contributed by atoms with E-state index >= 15 is 0 Å². The van der Waals surface area contributed by atoms with Crippen LogP contribution in [0.4, 0.5) is 13.2 Å². The van der Waals surface area contributed by atoms with Crippen LogP contribution in [0.5, 0.6) is 0 Å². The maximum Gasteiger partial charge on any atom is 0.274 e. The minimum absolute atomic E-state index is 0.0257. The number of allylic oxidation sites excluding steroid dienone is 1. The first kappa shape index (κ1) is 12.4. The van der Waals surface area contributed by atoms with Gasteiger partial charge in [0.2, 0.25) is 0 Å². The van der Waals surface area contributed by atoms with Crippen LogP contribution in [0.15, 0.2) is 60.7 Å². The molecule has 0 aliphatic heterocycles. The van der Waals surface area contributed by atoms with E-state index in [9.17, 15) is 13.2 Å². The summed E-state index contributed by atoms with van der Waals surface area (Å²) in [6.07, 6.45) is -1.61. The Morgan fingerprint density at radius 1 is 0.833 bits per heavy atom. The van der Waals surface area contributed by atoms with Crippen molar-refractivity contribution in [2.45, 2.75) is 6.42 Å². The van der Waals surface area contributed by atoms with Crippen LogP contribution in [0, 0.1) is 5.82 Å². The van der Waals surface area contributed by atoms with Gasteiger partial charge in [0, 0.05) is 12.0 Å². The smallest absolute Gasteiger partial charge is 0.207 e. The second-order valence-electron chi connectivity index (χ2n) is 3.91. The molecule has 0 heterocycles. The van der Waals surface area contributed by atoms with Crippen molar-refractivity contribution in [3.8, 4) is 0 Å². The molecule has 2 aromatic carbocycles. The fourth-order valence-corrected chi connectivity index (χ4v) is 1.72. The Labute approximate surface area is 103 Å². The van der Waals surface area contributed by atoms with E-state index < -0.39 is 6.08 Å². The van der Waals surface area contributed by atoms with Crippen molar-refractivity contribution in [2.75, 3.05) is 0 Å². The van der Waals surface area contributed by atoms with Crippen molar-refractivity contribution in [1.29, 1.82) is 0 Å². The molecule has 0 saturated heterocycles. The highest BCUT2D eigenvalue weighted by Gasteiger charge is 2.10. The maximum atomic E-state index is 13.0. The number of hydrogen-bond acceptors (Lipinski definition) is 0. The lowest BCUT2D eigenvalue weighted by molar-refractivity contribution is 0.424. The van der Waals surface area contributed by atoms with Crippen LogP contribution in [-0.4, -0.2) is 0 Å². The summed E-state index contributed by atoms with van der Waals surface area (Å²) in [4.78, 5) is 0. The van der Waals surface area contributed by atoms with Gasteiger partial charge in [-0.2, -0.15) is 8.78 Å². The maximum absolute atomic E-state index is 13.0. The Bertz CT molecular complexity index is 538. The number of rotatable bonds is 3. The van der Waals surface area contributed by atoms with E-state index in [1.165, 1.54) is 24.3 Å². The summed E-state index contributed by atoms with van der Waals surface area (Å²) >= 11 is 0. The Morgan fingerprint density at radius 3 is 2.00 bits per heavy atom. The van der Waals surface area contributed by atoms with Gasteiger partial charge in [0.25, 0.3) is 6.08 Å². The Hall–Kier alpha value is -2.03. The number of halogens is 3. The van der Waals surface area contributed by atoms with Gasteiger partial charge in [0.05, 0.1) is 0 Å². The van der Waals surface area contributed by atoms with E-state index in [0.29, 0.717) is 11.1 Å². The molecular formula is C15H11F3. The van der Waals surface area contributed by atoms with Crippen molar-refractivity contribution < 1.29 is 13.2 Å². The molecular weight excluding hydrogens is 237 g/mol. The van der Waals surface area contributed by atoms with Crippen molar-refractivity contribution in [3.63, 3.8) is 0 Å². The SMILES string of the molecule is FC(F)=C(Cc1ccc(F)cc1)c1ccccc1. The highest BCUT2D eigenvalue weighted by atomic mass is 19.3. The van der Waals surface area contributed by atoms with Crippen LogP contribution < -0.4 is 0 Å². The highest BCUT2D eigenvalue weighted by Crippen LogP contribution is 2.25. The van der Waals surface area contributed by atoms with E-state index in [1.807, 2.05) is 0 Å². The summed E-state index contributed by atoms with van der Waals surface area (Å²) in [5.41, 5.74) is 1.12. The third-order valence-electron chi connectivity index (χ3n) is 2.64. The molecule has 0 aromatic heterocycles. The molecule has 0 saturated carbocycles. The van der Waals surface area contributed by atoms with E-state index in [1.54, 1.807) is 30.3 Å². The predicted octanol–water partition coefficient (Wildman–Crippen LogP) is 4.68. The lowest BCUT2D eigenvalue weighted by Gasteiger charge is -2.07. The fraction of sp³-hybridized carbons (Fsp3) is 0.0667. The summed E-state index contributed by atoms with van der Waals surface area (Å²) in [6, 6.07) is 14.0. The van der Waals surface area contributed by atoms with Gasteiger partial charge < -0.3 is 0 Å². The molecule has 0 aliphatic carbocycles. The largest absolute Gasteiger partial charge is 0.274 e. The molecule has 0 spiro atoms. The molecule has 0 atom stereocenters. The molecule has 0 fully saturated rings. The van der Waals surface area contributed by atoms with Crippen molar-refractivity contribution in [2.24, 2.45) is 0 Å². The summed E-state index contributed by atoms with van der Waals surface area (Å²) in [5, 5.41) is 0. The van der Waals surface area contributed by atoms with E-state index in [2.05, 4.69) is 0 Å². The van der Waals surface area contributed by atoms with Crippen molar-refractivity contribution in [1.82, 2.24) is 0 Å². The molecule has 0 N–H and O–H groups in total. The van der Waals surface area contributed by atoms with Crippen LogP contribution >= 0.6 is 0 Å². The molecule has 2 rings (SSSR count). The summed E-state index contributed by atoms with van der Waals surface area (Å²) in [6.45, 7) is 0. The second kappa shape index (κ2) is 5.54. The quantitative estimate of drug-likeness (QED) is 0.740. The molecule has 2 aromatic rings. The van der Waals surface area contributed by atoms with E-state index in [0.717, 1.165) is 0 Å². The number of benzene rings is 2. The lowest BCUT2D eigenvalue weighted by atomic mass is 9.99. The monoisotopic (exact) mass is 248 g/mol. The van der Waals surface area contributed by atoms with Crippen LogP contribution in [0.25, 0.3) is 5.57 Å². The summed E-state index contributed by atoms with van der Waals surface area (Å²) < 4.78 is 38.7. The first-order chi connectivity index (χ1) is 8.66. The van der Waals surface area contributed by atoms with Gasteiger partial charge in [-0.15, -0.1) is 0 Å². The Balaban J connectivity index is 2.29. The van der Waals surface area contributed by atoms with E-state index in [-0.39, 0.29) is 17.8 Å². The molecule has 0 unspecified atom stereocenters. The first-order valence-corrected chi connectivity index (χ1v) is 5.51. The van der Waals surface area contributed by atoms with Gasteiger partial charge in [0.15, 0.2) is 0 Å². The van der Waals surface area contributed by atoms with Gasteiger partial charge >= 0.3 is 0 Å². The van der Waals surface area contributed by atoms with Gasteiger partial charge in [-0.25, -0.2) is 4.39 Å². The third kappa shape index (κ3) is 3.00. The van der Waals surface area contributed by atoms with Crippen LogP contribution in [-0.2, 0) is 6.42 Å². The van der Waals surface area contributed by atoms with Crippen LogP contribution in [0.1, 0.15) is 11.1 Å². The molecule has 0 nitrogen and oxygen atoms in total. The van der Waals surface area contributed by atoms with E-state index in [4.69, 9.17) is 0 Å². The second-order valence-corrected chi connectivity index (χ2v) is 3.91. The normalized spacial score (nSPS) is 10.2. The minimum Gasteiger partial charge on any atom is -0.207 e. The standard InChI is InChI=1S/C15H11F3/c16-13-8-6-11(7-9-13)10-14(15(17)18)12-4-2-1-3-5-12/h1-9H,10H2. The topological polar surface area (TPSA) is 0 Å². The average molecular weight is 248 g/mol. The Kier molecular flexibility index (Phi) is 3.82. The molecule has 3 heteroatoms. The summed E-state index contributed by atoms with van der Waals surface area (Å²) in [5.74, 6) is -0.371. The zero-order valence-corrected chi connectivity index (χ0v) is 9.54. The molecule has 0 aliphatic rings. The average Bonchev–Trinajstić information content (AvgIpc) is 2.38. The molecule has 0 amide bonds. The Morgan fingerprint density at radius 2 is 1.44 bits per heavy atom. The minimum atomic E-state index is -1.70. The number of hydrogen-bond donors (Lipinski definition) is 0. The van der Waals surface area contributed by atoms with Crippen molar-refractivity contribution >= 4 is 5.57 Å². The van der Waals surface area contributed by atoms with Gasteiger partial charge in [-0.3, -0.25) is 0 Å². The molecule has 0 radical (unpaired) electrons. The molecule has 92 valence electrons.